The van der Waals surface area contributed by atoms with E-state index in [0.717, 1.165) is 10.4 Å². The lowest BCUT2D eigenvalue weighted by Crippen LogP contribution is -2.55. The summed E-state index contributed by atoms with van der Waals surface area (Å²) >= 11 is 0. The van der Waals surface area contributed by atoms with Gasteiger partial charge in [0, 0.05) is 6.08 Å². The molecule has 0 saturated heterocycles. The van der Waals surface area contributed by atoms with Crippen LogP contribution in [0.15, 0.2) is 12.7 Å². The van der Waals surface area contributed by atoms with E-state index in [4.69, 9.17) is 4.43 Å². The maximum Gasteiger partial charge on any atom is 0.320 e. The Morgan fingerprint density at radius 3 is 2.71 bits per heavy atom. The average molecular weight is 266 g/mol. The van der Waals surface area contributed by atoms with Gasteiger partial charge < -0.3 is 18.4 Å². The highest BCUT2D eigenvalue weighted by Gasteiger charge is 2.25. The fourth-order valence-corrected chi connectivity index (χ4v) is 8.74. The molecule has 0 aliphatic heterocycles. The molecule has 5 nitrogen and oxygen atoms in total. The molecular formula is C5H19N3O2Si4. The zero-order chi connectivity index (χ0) is 11.0. The molecule has 82 valence electrons. The Kier molecular flexibility index (Phi) is 7.25. The van der Waals surface area contributed by atoms with Gasteiger partial charge in [-0.15, -0.1) is 0 Å². The predicted octanol–water partition coefficient (Wildman–Crippen LogP) is -3.54. The average Bonchev–Trinajstić information content (AvgIpc) is 2.12. The van der Waals surface area contributed by atoms with Crippen LogP contribution in [0.5, 0.6) is 0 Å². The molecule has 0 heterocycles. The van der Waals surface area contributed by atoms with E-state index in [0.29, 0.717) is 0 Å². The normalized spacial score (nSPS) is 13.0. The van der Waals surface area contributed by atoms with Gasteiger partial charge in [-0.05, 0) is 13.1 Å². The summed E-state index contributed by atoms with van der Waals surface area (Å²) in [7, 11) is -1.69. The Morgan fingerprint density at radius 1 is 1.57 bits per heavy atom. The molecule has 0 radical (unpaired) electrons. The summed E-state index contributed by atoms with van der Waals surface area (Å²) in [5.74, 6) is -0.332. The van der Waals surface area contributed by atoms with Gasteiger partial charge >= 0.3 is 14.4 Å². The van der Waals surface area contributed by atoms with Crippen LogP contribution in [0, 0.1) is 0 Å². The molecule has 0 aromatic rings. The smallest absolute Gasteiger partial charge is 0.320 e. The van der Waals surface area contributed by atoms with Gasteiger partial charge in [0.05, 0.1) is 10.4 Å². The van der Waals surface area contributed by atoms with Gasteiger partial charge in [-0.3, -0.25) is 0 Å². The third kappa shape index (κ3) is 7.37. The first-order chi connectivity index (χ1) is 6.52. The maximum absolute atomic E-state index is 11.0. The molecule has 0 aromatic heterocycles. The minimum Gasteiger partial charge on any atom is -0.503 e. The molecule has 3 N–H and O–H groups in total. The van der Waals surface area contributed by atoms with Crippen LogP contribution in [0.1, 0.15) is 0 Å². The molecule has 0 aliphatic carbocycles. The SMILES string of the molecule is C=CC(=O)O[Si](C)(C)N[SiH2]N[SiH2]N[SiH3]. The molecule has 0 saturated carbocycles. The number of rotatable bonds is 7. The van der Waals surface area contributed by atoms with Crippen LogP contribution < -0.4 is 13.9 Å². The summed E-state index contributed by atoms with van der Waals surface area (Å²) in [6.45, 7) is 7.31. The van der Waals surface area contributed by atoms with Crippen LogP contribution in [0.3, 0.4) is 0 Å². The molecule has 0 rings (SSSR count). The number of hydrogen-bond donors (Lipinski definition) is 3. The van der Waals surface area contributed by atoms with E-state index in [2.05, 4.69) is 20.5 Å². The third-order valence-corrected chi connectivity index (χ3v) is 9.70. The molecule has 0 unspecified atom stereocenters. The van der Waals surface area contributed by atoms with Crippen molar-refractivity contribution in [3.05, 3.63) is 12.7 Å². The molecule has 0 aromatic carbocycles. The second-order valence-electron chi connectivity index (χ2n) is 3.27. The van der Waals surface area contributed by atoms with Crippen LogP contribution >= 0.6 is 0 Å². The first kappa shape index (κ1) is 14.0. The largest absolute Gasteiger partial charge is 0.503 e. The Bertz CT molecular complexity index is 201. The monoisotopic (exact) mass is 265 g/mol. The van der Waals surface area contributed by atoms with Crippen molar-refractivity contribution in [1.29, 1.82) is 0 Å². The van der Waals surface area contributed by atoms with Crippen LogP contribution in [-0.2, 0) is 9.22 Å². The third-order valence-electron chi connectivity index (χ3n) is 1.46. The van der Waals surface area contributed by atoms with Gasteiger partial charge in [0.2, 0.25) is 0 Å². The lowest BCUT2D eigenvalue weighted by Gasteiger charge is -2.22. The fraction of sp³-hybridized carbons (Fsp3) is 0.400. The Labute approximate surface area is 93.7 Å². The van der Waals surface area contributed by atoms with Gasteiger partial charge in [0.25, 0.3) is 0 Å². The van der Waals surface area contributed by atoms with Crippen LogP contribution in [0.2, 0.25) is 13.1 Å². The number of carbonyl (C=O) groups is 1. The minimum atomic E-state index is -2.00. The van der Waals surface area contributed by atoms with Gasteiger partial charge in [0.1, 0.15) is 0 Å². The lowest BCUT2D eigenvalue weighted by atomic mass is 10.7. The van der Waals surface area contributed by atoms with Gasteiger partial charge in [-0.1, -0.05) is 6.58 Å². The van der Waals surface area contributed by atoms with Crippen molar-refractivity contribution in [2.45, 2.75) is 13.1 Å². The van der Waals surface area contributed by atoms with Crippen molar-refractivity contribution >= 4 is 44.5 Å². The highest BCUT2D eigenvalue weighted by atomic mass is 28.4. The molecule has 0 aliphatic rings. The van der Waals surface area contributed by atoms with Crippen LogP contribution in [0.25, 0.3) is 0 Å². The highest BCUT2D eigenvalue weighted by molar-refractivity contribution is 6.77. The fourth-order valence-electron chi connectivity index (χ4n) is 0.792. The topological polar surface area (TPSA) is 62.4 Å². The highest BCUT2D eigenvalue weighted by Crippen LogP contribution is 1.98. The predicted molar refractivity (Wildman–Crippen MR) is 70.2 cm³/mol. The standard InChI is InChI=1S/C5H19N3O2Si4/c1-4-5(9)10-14(2,3)8-13-7-12-6-11/h4,6-8H,1,12-13H2,2-3,11H3. The molecule has 9 heteroatoms. The van der Waals surface area contributed by atoms with E-state index in [1.807, 2.05) is 13.1 Å². The molecule has 0 spiro atoms. The summed E-state index contributed by atoms with van der Waals surface area (Å²) in [6.07, 6.45) is 1.21. The van der Waals surface area contributed by atoms with Crippen molar-refractivity contribution < 1.29 is 9.22 Å². The van der Waals surface area contributed by atoms with Gasteiger partial charge in [0.15, 0.2) is 19.7 Å². The second kappa shape index (κ2) is 7.28. The Morgan fingerprint density at radius 2 is 2.21 bits per heavy atom. The summed E-state index contributed by atoms with van der Waals surface area (Å²) in [6, 6.07) is 0. The van der Waals surface area contributed by atoms with E-state index >= 15 is 0 Å². The molecular weight excluding hydrogens is 246 g/mol. The second-order valence-corrected chi connectivity index (χ2v) is 13.4. The molecule has 0 bridgehead atoms. The van der Waals surface area contributed by atoms with E-state index in [-0.39, 0.29) is 15.8 Å². The zero-order valence-corrected chi connectivity index (χ0v) is 14.8. The van der Waals surface area contributed by atoms with Crippen molar-refractivity contribution in [2.75, 3.05) is 0 Å². The van der Waals surface area contributed by atoms with Crippen LogP contribution in [0.4, 0.5) is 0 Å². The van der Waals surface area contributed by atoms with Crippen LogP contribution in [-0.4, -0.2) is 44.5 Å². The molecule has 0 fully saturated rings. The number of carbonyl (C=O) groups excluding carboxylic acids is 1. The number of hydrogen-bond acceptors (Lipinski definition) is 5. The Balaban J connectivity index is 3.71. The minimum absolute atomic E-state index is 0.257. The quantitative estimate of drug-likeness (QED) is 0.253. The van der Waals surface area contributed by atoms with Crippen molar-refractivity contribution in [1.82, 2.24) is 13.9 Å². The first-order valence-corrected chi connectivity index (χ1v) is 11.2. The van der Waals surface area contributed by atoms with E-state index in [1.165, 1.54) is 6.08 Å². The molecule has 0 atom stereocenters. The Hall–Kier alpha value is -0.0425. The first-order valence-electron chi connectivity index (χ1n) is 4.47. The summed E-state index contributed by atoms with van der Waals surface area (Å²) in [4.78, 5) is 11.0. The van der Waals surface area contributed by atoms with E-state index < -0.39 is 18.3 Å². The molecule has 0 amide bonds. The van der Waals surface area contributed by atoms with E-state index in [1.54, 1.807) is 0 Å². The van der Waals surface area contributed by atoms with Gasteiger partial charge in [-0.25, -0.2) is 4.79 Å². The molecule has 14 heavy (non-hydrogen) atoms. The zero-order valence-electron chi connectivity index (χ0n) is 9.02. The lowest BCUT2D eigenvalue weighted by molar-refractivity contribution is -0.129. The van der Waals surface area contributed by atoms with Crippen molar-refractivity contribution in [3.8, 4) is 0 Å². The number of nitrogens with one attached hydrogen (secondary N) is 3. The van der Waals surface area contributed by atoms with E-state index in [9.17, 15) is 4.79 Å². The van der Waals surface area contributed by atoms with Crippen molar-refractivity contribution in [3.63, 3.8) is 0 Å². The maximum atomic E-state index is 11.0. The van der Waals surface area contributed by atoms with Gasteiger partial charge in [-0.2, -0.15) is 0 Å². The summed E-state index contributed by atoms with van der Waals surface area (Å²) < 4.78 is 15.2. The van der Waals surface area contributed by atoms with Crippen molar-refractivity contribution in [2.24, 2.45) is 0 Å². The summed E-state index contributed by atoms with van der Waals surface area (Å²) in [5, 5.41) is 0. The summed E-state index contributed by atoms with van der Waals surface area (Å²) in [5.41, 5.74) is 0.